The second-order valence-corrected chi connectivity index (χ2v) is 9.12. The van der Waals surface area contributed by atoms with Gasteiger partial charge in [0, 0.05) is 11.8 Å². The Morgan fingerprint density at radius 3 is 2.54 bits per heavy atom. The summed E-state index contributed by atoms with van der Waals surface area (Å²) < 4.78 is 12.2. The lowest BCUT2D eigenvalue weighted by Gasteiger charge is -2.25. The van der Waals surface area contributed by atoms with Gasteiger partial charge < -0.3 is 14.5 Å². The van der Waals surface area contributed by atoms with Crippen LogP contribution in [-0.4, -0.2) is 22.5 Å². The Balaban J connectivity index is 1.66. The minimum Gasteiger partial charge on any atom is -0.497 e. The van der Waals surface area contributed by atoms with E-state index in [0.717, 1.165) is 11.3 Å². The third kappa shape index (κ3) is 4.59. The summed E-state index contributed by atoms with van der Waals surface area (Å²) in [7, 11) is 1.56. The molecule has 11 heteroatoms. The third-order valence-electron chi connectivity index (χ3n) is 5.80. The predicted molar refractivity (Wildman–Crippen MR) is 137 cm³/mol. The van der Waals surface area contributed by atoms with Gasteiger partial charge in [0.15, 0.2) is 4.80 Å². The smallest absolute Gasteiger partial charge is 0.433 e. The van der Waals surface area contributed by atoms with Crippen LogP contribution in [0.2, 0.25) is 0 Å². The monoisotopic (exact) mass is 516 g/mol. The molecule has 0 saturated carbocycles. The van der Waals surface area contributed by atoms with E-state index in [1.54, 1.807) is 50.4 Å². The zero-order valence-corrected chi connectivity index (χ0v) is 20.5. The van der Waals surface area contributed by atoms with Crippen LogP contribution < -0.4 is 24.9 Å². The molecule has 5 rings (SSSR count). The molecule has 2 aromatic carbocycles. The van der Waals surface area contributed by atoms with E-state index in [4.69, 9.17) is 9.15 Å². The molecule has 1 aliphatic heterocycles. The molecule has 0 saturated heterocycles. The standard InChI is InChI=1S/C26H20N4O6S/c1-15-22(24(31)28-17-6-4-3-5-7-17)23(16-8-10-18(35-2)11-9-16)29-25(32)20(37-26(29)27-15)14-19-12-13-21(36-19)30(33)34/h3-14,23H,1-2H3,(H,28,31)/b20-14+/t23-/m1/s1. The number of carbonyl (C=O) groups is 1. The van der Waals surface area contributed by atoms with E-state index in [1.165, 1.54) is 22.8 Å². The second-order valence-electron chi connectivity index (χ2n) is 8.11. The summed E-state index contributed by atoms with van der Waals surface area (Å²) in [5.41, 5.74) is 1.69. The van der Waals surface area contributed by atoms with Gasteiger partial charge in [-0.2, -0.15) is 0 Å². The van der Waals surface area contributed by atoms with Crippen molar-refractivity contribution in [2.45, 2.75) is 13.0 Å². The molecule has 0 radical (unpaired) electrons. The Labute approximate surface area is 213 Å². The number of amides is 1. The minimum absolute atomic E-state index is 0.163. The molecule has 10 nitrogen and oxygen atoms in total. The summed E-state index contributed by atoms with van der Waals surface area (Å²) in [5, 5.41) is 13.9. The number of nitro groups is 1. The number of allylic oxidation sites excluding steroid dienone is 1. The lowest BCUT2D eigenvalue weighted by Crippen LogP contribution is -2.40. The average molecular weight is 517 g/mol. The SMILES string of the molecule is COc1ccc([C@@H]2C(C(=O)Nc3ccccc3)=C(C)N=c3s/c(=C/c4ccc([N+](=O)[O-])o4)c(=O)n32)cc1. The van der Waals surface area contributed by atoms with Gasteiger partial charge in [-0.1, -0.05) is 41.7 Å². The molecular formula is C26H20N4O6S. The molecule has 1 N–H and O–H groups in total. The van der Waals surface area contributed by atoms with Gasteiger partial charge in [0.2, 0.25) is 0 Å². The van der Waals surface area contributed by atoms with Gasteiger partial charge >= 0.3 is 5.88 Å². The molecular weight excluding hydrogens is 496 g/mol. The highest BCUT2D eigenvalue weighted by atomic mass is 32.1. The minimum atomic E-state index is -0.765. The van der Waals surface area contributed by atoms with Gasteiger partial charge in [0.05, 0.1) is 35.0 Å². The van der Waals surface area contributed by atoms with Crippen LogP contribution in [0, 0.1) is 10.1 Å². The fourth-order valence-electron chi connectivity index (χ4n) is 4.08. The zero-order chi connectivity index (χ0) is 26.1. The summed E-state index contributed by atoms with van der Waals surface area (Å²) in [5.74, 6) is -0.0164. The molecule has 0 fully saturated rings. The van der Waals surface area contributed by atoms with Gasteiger partial charge in [-0.15, -0.1) is 0 Å². The van der Waals surface area contributed by atoms with Crippen molar-refractivity contribution in [2.75, 3.05) is 12.4 Å². The molecule has 3 heterocycles. The Morgan fingerprint density at radius 2 is 1.89 bits per heavy atom. The number of methoxy groups -OCH3 is 1. The summed E-state index contributed by atoms with van der Waals surface area (Å²) in [6.07, 6.45) is 1.44. The number of hydrogen-bond donors (Lipinski definition) is 1. The largest absolute Gasteiger partial charge is 0.497 e. The van der Waals surface area contributed by atoms with Crippen LogP contribution >= 0.6 is 11.3 Å². The van der Waals surface area contributed by atoms with E-state index in [9.17, 15) is 19.7 Å². The van der Waals surface area contributed by atoms with Crippen molar-refractivity contribution in [1.29, 1.82) is 0 Å². The van der Waals surface area contributed by atoms with Gasteiger partial charge in [-0.25, -0.2) is 4.99 Å². The molecule has 2 aromatic heterocycles. The van der Waals surface area contributed by atoms with Crippen LogP contribution in [0.5, 0.6) is 5.75 Å². The number of ether oxygens (including phenoxy) is 1. The number of benzene rings is 2. The number of nitrogens with one attached hydrogen (secondary N) is 1. The van der Waals surface area contributed by atoms with Crippen LogP contribution in [-0.2, 0) is 4.79 Å². The first-order valence-corrected chi connectivity index (χ1v) is 11.9. The van der Waals surface area contributed by atoms with Crippen molar-refractivity contribution in [3.05, 3.63) is 119 Å². The molecule has 0 unspecified atom stereocenters. The fourth-order valence-corrected chi connectivity index (χ4v) is 5.11. The lowest BCUT2D eigenvalue weighted by molar-refractivity contribution is -0.402. The molecule has 0 aliphatic carbocycles. The van der Waals surface area contributed by atoms with Crippen molar-refractivity contribution in [2.24, 2.45) is 4.99 Å². The molecule has 1 atom stereocenters. The maximum Gasteiger partial charge on any atom is 0.433 e. The predicted octanol–water partition coefficient (Wildman–Crippen LogP) is 3.38. The van der Waals surface area contributed by atoms with Gasteiger partial charge in [-0.05, 0) is 42.8 Å². The molecule has 186 valence electrons. The topological polar surface area (TPSA) is 129 Å². The molecule has 1 amide bonds. The van der Waals surface area contributed by atoms with Crippen molar-refractivity contribution >= 4 is 34.9 Å². The summed E-state index contributed by atoms with van der Waals surface area (Å²) in [6.45, 7) is 1.73. The normalized spacial score (nSPS) is 15.2. The van der Waals surface area contributed by atoms with E-state index >= 15 is 0 Å². The Bertz CT molecular complexity index is 1710. The number of para-hydroxylation sites is 1. The Kier molecular flexibility index (Phi) is 6.28. The molecule has 4 aromatic rings. The molecule has 1 aliphatic rings. The molecule has 0 spiro atoms. The zero-order valence-electron chi connectivity index (χ0n) is 19.7. The number of rotatable bonds is 6. The quantitative estimate of drug-likeness (QED) is 0.309. The lowest BCUT2D eigenvalue weighted by atomic mass is 9.95. The number of nitrogens with zero attached hydrogens (tertiary/aromatic N) is 3. The van der Waals surface area contributed by atoms with Crippen molar-refractivity contribution in [3.8, 4) is 5.75 Å². The highest BCUT2D eigenvalue weighted by molar-refractivity contribution is 7.07. The van der Waals surface area contributed by atoms with E-state index in [1.807, 2.05) is 18.2 Å². The van der Waals surface area contributed by atoms with Gasteiger partial charge in [0.25, 0.3) is 11.5 Å². The first-order chi connectivity index (χ1) is 17.9. The number of hydrogen-bond acceptors (Lipinski definition) is 8. The van der Waals surface area contributed by atoms with Crippen molar-refractivity contribution < 1.29 is 18.9 Å². The number of carbonyl (C=O) groups excluding carboxylic acids is 1. The number of anilines is 1. The van der Waals surface area contributed by atoms with E-state index in [2.05, 4.69) is 10.3 Å². The first-order valence-electron chi connectivity index (χ1n) is 11.1. The fraction of sp³-hybridized carbons (Fsp3) is 0.115. The van der Waals surface area contributed by atoms with Crippen molar-refractivity contribution in [1.82, 2.24) is 4.57 Å². The number of fused-ring (bicyclic) bond motifs is 1. The molecule has 37 heavy (non-hydrogen) atoms. The second kappa shape index (κ2) is 9.70. The summed E-state index contributed by atoms with van der Waals surface area (Å²) in [6, 6.07) is 18.0. The molecule has 0 bridgehead atoms. The highest BCUT2D eigenvalue weighted by Crippen LogP contribution is 2.31. The van der Waals surface area contributed by atoms with Crippen LogP contribution in [0.15, 0.2) is 92.2 Å². The average Bonchev–Trinajstić information content (AvgIpc) is 3.48. The summed E-state index contributed by atoms with van der Waals surface area (Å²) in [4.78, 5) is 42.4. The number of aromatic nitrogens is 1. The van der Waals surface area contributed by atoms with Gasteiger partial charge in [0.1, 0.15) is 16.4 Å². The Hall–Kier alpha value is -4.77. The van der Waals surface area contributed by atoms with Crippen LogP contribution in [0.25, 0.3) is 6.08 Å². The third-order valence-corrected chi connectivity index (χ3v) is 6.78. The highest BCUT2D eigenvalue weighted by Gasteiger charge is 2.32. The first kappa shape index (κ1) is 23.9. The number of thiazole rings is 1. The van der Waals surface area contributed by atoms with Crippen LogP contribution in [0.3, 0.4) is 0 Å². The van der Waals surface area contributed by atoms with E-state index < -0.39 is 22.4 Å². The van der Waals surface area contributed by atoms with Crippen LogP contribution in [0.1, 0.15) is 24.3 Å². The maximum absolute atomic E-state index is 13.6. The van der Waals surface area contributed by atoms with E-state index in [0.29, 0.717) is 33.1 Å². The summed E-state index contributed by atoms with van der Waals surface area (Å²) >= 11 is 1.11. The van der Waals surface area contributed by atoms with E-state index in [-0.39, 0.29) is 16.2 Å². The van der Waals surface area contributed by atoms with Crippen molar-refractivity contribution in [3.63, 3.8) is 0 Å². The maximum atomic E-state index is 13.6. The number of furan rings is 1. The van der Waals surface area contributed by atoms with Crippen LogP contribution in [0.4, 0.5) is 11.6 Å². The Morgan fingerprint density at radius 1 is 1.16 bits per heavy atom. The van der Waals surface area contributed by atoms with Gasteiger partial charge in [-0.3, -0.25) is 24.3 Å².